The van der Waals surface area contributed by atoms with Crippen molar-refractivity contribution < 1.29 is 27.1 Å². The quantitative estimate of drug-likeness (QED) is 0.612. The first-order valence-corrected chi connectivity index (χ1v) is 6.68. The fraction of sp³-hybridized carbons (Fsp3) is 0.300. The first-order valence-electron chi connectivity index (χ1n) is 4.81. The Morgan fingerprint density at radius 1 is 1.17 bits per heavy atom. The van der Waals surface area contributed by atoms with Gasteiger partial charge in [-0.2, -0.15) is 8.42 Å². The topological polar surface area (TPSA) is 101 Å². The number of hydrogen-bond donors (Lipinski definition) is 2. The number of carbonyl (C=O) groups is 1. The lowest BCUT2D eigenvalue weighted by Crippen LogP contribution is -2.23. The molecule has 0 heterocycles. The Bertz CT molecular complexity index is 620. The van der Waals surface area contributed by atoms with E-state index in [2.05, 4.69) is 14.4 Å². The molecule has 0 atom stereocenters. The lowest BCUT2D eigenvalue weighted by Gasteiger charge is -2.17. The first-order chi connectivity index (χ1) is 8.06. The minimum Gasteiger partial charge on any atom is -0.478 e. The molecule has 0 aliphatic rings. The summed E-state index contributed by atoms with van der Waals surface area (Å²) in [7, 11) is -1.67. The zero-order chi connectivity index (χ0) is 14.2. The molecule has 0 aliphatic carbocycles. The minimum absolute atomic E-state index is 0.174. The van der Waals surface area contributed by atoms with E-state index in [1.54, 1.807) is 13.8 Å². The summed E-state index contributed by atoms with van der Waals surface area (Å²) < 4.78 is 34.5. The minimum atomic E-state index is -4.80. The van der Waals surface area contributed by atoms with Gasteiger partial charge in [0.15, 0.2) is 5.75 Å². The van der Waals surface area contributed by atoms with Gasteiger partial charge in [-0.3, -0.25) is 4.55 Å². The van der Waals surface area contributed by atoms with Crippen LogP contribution in [-0.2, 0) is 10.4 Å². The number of benzene rings is 1. The molecule has 0 unspecified atom stereocenters. The molecule has 0 aliphatic heterocycles. The van der Waals surface area contributed by atoms with E-state index in [-0.39, 0.29) is 10.8 Å². The normalized spacial score (nSPS) is 11.4. The highest BCUT2D eigenvalue weighted by molar-refractivity contribution is 7.81. The van der Waals surface area contributed by atoms with Gasteiger partial charge in [0.25, 0.3) is 0 Å². The van der Waals surface area contributed by atoms with E-state index >= 15 is 0 Å². The maximum Gasteiger partial charge on any atom is 0.446 e. The van der Waals surface area contributed by atoms with E-state index in [0.29, 0.717) is 16.7 Å². The molecule has 0 saturated carbocycles. The van der Waals surface area contributed by atoms with Crippen molar-refractivity contribution in [2.45, 2.75) is 20.8 Å². The molecule has 0 aromatic heterocycles. The van der Waals surface area contributed by atoms with Crippen molar-refractivity contribution in [1.82, 2.24) is 0 Å². The SMILES string of the molecule is Cc1c(C)c([Si])c(OS(=O)(=O)O)c(C(=O)O)c1C. The number of carboxylic acids is 1. The molecule has 1 aromatic rings. The summed E-state index contributed by atoms with van der Waals surface area (Å²) in [5, 5.41) is 9.28. The van der Waals surface area contributed by atoms with Crippen molar-refractivity contribution in [3.63, 3.8) is 0 Å². The third-order valence-electron chi connectivity index (χ3n) is 2.73. The van der Waals surface area contributed by atoms with Crippen LogP contribution in [0.2, 0.25) is 0 Å². The summed E-state index contributed by atoms with van der Waals surface area (Å²) >= 11 is 0. The third kappa shape index (κ3) is 2.71. The molecule has 0 saturated heterocycles. The molecule has 2 N–H and O–H groups in total. The van der Waals surface area contributed by atoms with Crippen LogP contribution in [0.4, 0.5) is 0 Å². The van der Waals surface area contributed by atoms with E-state index in [9.17, 15) is 13.2 Å². The van der Waals surface area contributed by atoms with Crippen LogP contribution >= 0.6 is 0 Å². The lowest BCUT2D eigenvalue weighted by atomic mass is 9.97. The Balaban J connectivity index is 3.72. The standard InChI is InChI=1S/C10H11O6SSi/c1-4-5(2)7(10(11)12)8(9(18)6(4)3)16-17(13,14)15/h1-3H3,(H,11,12)(H,13,14,15). The van der Waals surface area contributed by atoms with Crippen molar-refractivity contribution in [3.05, 3.63) is 22.3 Å². The monoisotopic (exact) mass is 287 g/mol. The Morgan fingerprint density at radius 2 is 1.67 bits per heavy atom. The lowest BCUT2D eigenvalue weighted by molar-refractivity contribution is 0.0694. The summed E-state index contributed by atoms with van der Waals surface area (Å²) in [5.74, 6) is -1.77. The Kier molecular flexibility index (Phi) is 3.84. The van der Waals surface area contributed by atoms with Crippen LogP contribution in [0, 0.1) is 20.8 Å². The summed E-state index contributed by atoms with van der Waals surface area (Å²) in [6, 6.07) is 0. The molecule has 8 heteroatoms. The van der Waals surface area contributed by atoms with Gasteiger partial charge >= 0.3 is 16.4 Å². The fourth-order valence-electron chi connectivity index (χ4n) is 1.57. The predicted octanol–water partition coefficient (Wildman–Crippen LogP) is 0.285. The van der Waals surface area contributed by atoms with Crippen LogP contribution in [0.1, 0.15) is 27.0 Å². The van der Waals surface area contributed by atoms with Gasteiger partial charge < -0.3 is 9.29 Å². The molecule has 1 rings (SSSR count). The summed E-state index contributed by atoms with van der Waals surface area (Å²) in [5.41, 5.74) is 1.40. The number of aromatic carboxylic acids is 1. The van der Waals surface area contributed by atoms with Crippen LogP contribution < -0.4 is 9.37 Å². The van der Waals surface area contributed by atoms with E-state index in [1.807, 2.05) is 0 Å². The zero-order valence-corrected chi connectivity index (χ0v) is 11.8. The highest BCUT2D eigenvalue weighted by atomic mass is 32.3. The fourth-order valence-corrected chi connectivity index (χ4v) is 2.38. The highest BCUT2D eigenvalue weighted by Crippen LogP contribution is 2.26. The average molecular weight is 287 g/mol. The van der Waals surface area contributed by atoms with Crippen molar-refractivity contribution in [2.75, 3.05) is 0 Å². The highest BCUT2D eigenvalue weighted by Gasteiger charge is 2.24. The van der Waals surface area contributed by atoms with E-state index in [0.717, 1.165) is 0 Å². The molecule has 0 amide bonds. The Morgan fingerprint density at radius 3 is 2.06 bits per heavy atom. The summed E-state index contributed by atoms with van der Waals surface area (Å²) in [6.07, 6.45) is 0. The second-order valence-electron chi connectivity index (χ2n) is 3.77. The Labute approximate surface area is 108 Å². The van der Waals surface area contributed by atoms with Crippen LogP contribution in [0.15, 0.2) is 0 Å². The van der Waals surface area contributed by atoms with Gasteiger partial charge in [0.2, 0.25) is 0 Å². The molecule has 1 aromatic carbocycles. The number of carboxylic acid groups (broad SMARTS) is 1. The van der Waals surface area contributed by atoms with Gasteiger partial charge in [-0.15, -0.1) is 0 Å². The molecular weight excluding hydrogens is 276 g/mol. The molecule has 3 radical (unpaired) electrons. The second kappa shape index (κ2) is 4.71. The summed E-state index contributed by atoms with van der Waals surface area (Å²) in [6.45, 7) is 4.92. The molecule has 0 bridgehead atoms. The Hall–Kier alpha value is -1.38. The smallest absolute Gasteiger partial charge is 0.446 e. The average Bonchev–Trinajstić information content (AvgIpc) is 2.20. The zero-order valence-electron chi connectivity index (χ0n) is 9.94. The largest absolute Gasteiger partial charge is 0.478 e. The van der Waals surface area contributed by atoms with Crippen LogP contribution in [0.25, 0.3) is 0 Å². The molecule has 6 nitrogen and oxygen atoms in total. The van der Waals surface area contributed by atoms with Crippen molar-refractivity contribution in [2.24, 2.45) is 0 Å². The van der Waals surface area contributed by atoms with E-state index in [1.165, 1.54) is 6.92 Å². The molecule has 0 fully saturated rings. The maximum absolute atomic E-state index is 11.2. The van der Waals surface area contributed by atoms with Gasteiger partial charge in [0.05, 0.1) is 10.2 Å². The summed E-state index contributed by atoms with van der Waals surface area (Å²) in [4.78, 5) is 11.2. The number of hydrogen-bond acceptors (Lipinski definition) is 4. The second-order valence-corrected chi connectivity index (χ2v) is 5.29. The molecule has 18 heavy (non-hydrogen) atoms. The van der Waals surface area contributed by atoms with Gasteiger partial charge in [-0.05, 0) is 42.6 Å². The van der Waals surface area contributed by atoms with E-state index < -0.39 is 22.1 Å². The molecule has 97 valence electrons. The molecular formula is C10H11O6SSi. The van der Waals surface area contributed by atoms with Crippen LogP contribution in [0.5, 0.6) is 5.75 Å². The van der Waals surface area contributed by atoms with Gasteiger partial charge in [0.1, 0.15) is 5.56 Å². The van der Waals surface area contributed by atoms with Crippen molar-refractivity contribution >= 4 is 31.8 Å². The van der Waals surface area contributed by atoms with Crippen molar-refractivity contribution in [1.29, 1.82) is 0 Å². The molecule has 0 spiro atoms. The van der Waals surface area contributed by atoms with Gasteiger partial charge in [0, 0.05) is 0 Å². The number of rotatable bonds is 3. The maximum atomic E-state index is 11.2. The van der Waals surface area contributed by atoms with Crippen LogP contribution in [-0.4, -0.2) is 34.3 Å². The van der Waals surface area contributed by atoms with Gasteiger partial charge in [-0.25, -0.2) is 4.79 Å². The predicted molar refractivity (Wildman–Crippen MR) is 65.2 cm³/mol. The third-order valence-corrected chi connectivity index (χ3v) is 3.71. The van der Waals surface area contributed by atoms with E-state index in [4.69, 9.17) is 9.66 Å². The van der Waals surface area contributed by atoms with Crippen LogP contribution in [0.3, 0.4) is 0 Å². The van der Waals surface area contributed by atoms with Crippen molar-refractivity contribution in [3.8, 4) is 5.75 Å². The first kappa shape index (κ1) is 14.7. The van der Waals surface area contributed by atoms with Gasteiger partial charge in [-0.1, -0.05) is 0 Å².